The highest BCUT2D eigenvalue weighted by Crippen LogP contribution is 2.43. The Kier molecular flexibility index (Phi) is 4.09. The summed E-state index contributed by atoms with van der Waals surface area (Å²) in [4.78, 5) is 4.91. The number of hydrogen-bond donors (Lipinski definition) is 0. The van der Waals surface area contributed by atoms with Gasteiger partial charge in [-0.05, 0) is 35.7 Å². The molecule has 0 N–H and O–H groups in total. The van der Waals surface area contributed by atoms with Crippen molar-refractivity contribution in [2.45, 2.75) is 11.4 Å². The zero-order valence-corrected chi connectivity index (χ0v) is 14.8. The molecule has 0 radical (unpaired) electrons. The van der Waals surface area contributed by atoms with Crippen molar-refractivity contribution in [2.24, 2.45) is 10.1 Å². The van der Waals surface area contributed by atoms with Crippen molar-refractivity contribution < 1.29 is 0 Å². The van der Waals surface area contributed by atoms with Crippen LogP contribution < -0.4 is 0 Å². The lowest BCUT2D eigenvalue weighted by Crippen LogP contribution is -2.26. The van der Waals surface area contributed by atoms with Crippen LogP contribution in [0.1, 0.15) is 17.2 Å². The van der Waals surface area contributed by atoms with Gasteiger partial charge in [0.1, 0.15) is 16.5 Å². The van der Waals surface area contributed by atoms with E-state index in [4.69, 9.17) is 21.7 Å². The summed E-state index contributed by atoms with van der Waals surface area (Å²) in [5.74, 6) is 0. The standard InChI is InChI=1S/C17H14ClN3S2/c1-22-16-14(11-7-9-13(18)10-8-11)19-17-21(16)20-15(23-17)12-5-3-2-4-6-12/h2-10,14,16H,1H3/t14-,16+/m1/s1. The smallest absolute Gasteiger partial charge is 0.188 e. The topological polar surface area (TPSA) is 28.0 Å². The summed E-state index contributed by atoms with van der Waals surface area (Å²) in [6, 6.07) is 18.3. The van der Waals surface area contributed by atoms with Crippen LogP contribution in [-0.4, -0.2) is 26.8 Å². The molecule has 4 rings (SSSR count). The fraction of sp³-hybridized carbons (Fsp3) is 0.176. The highest BCUT2D eigenvalue weighted by atomic mass is 35.5. The van der Waals surface area contributed by atoms with Gasteiger partial charge in [-0.1, -0.05) is 54.1 Å². The van der Waals surface area contributed by atoms with Crippen LogP contribution in [-0.2, 0) is 0 Å². The van der Waals surface area contributed by atoms with Crippen molar-refractivity contribution in [3.63, 3.8) is 0 Å². The summed E-state index contributed by atoms with van der Waals surface area (Å²) in [6.45, 7) is 0. The number of thioether (sulfide) groups is 2. The van der Waals surface area contributed by atoms with Crippen molar-refractivity contribution in [3.05, 3.63) is 70.7 Å². The first-order valence-corrected chi connectivity index (χ1v) is 9.71. The number of nitrogens with zero attached hydrogens (tertiary/aromatic N) is 3. The molecule has 0 aromatic heterocycles. The summed E-state index contributed by atoms with van der Waals surface area (Å²) in [5, 5.41) is 9.77. The number of amidine groups is 1. The minimum Gasteiger partial charge on any atom is -0.249 e. The minimum absolute atomic E-state index is 0.0887. The van der Waals surface area contributed by atoms with E-state index in [-0.39, 0.29) is 11.4 Å². The van der Waals surface area contributed by atoms with Gasteiger partial charge < -0.3 is 0 Å². The Morgan fingerprint density at radius 2 is 1.83 bits per heavy atom. The molecule has 2 aliphatic heterocycles. The number of fused-ring (bicyclic) bond motifs is 1. The average molecular weight is 360 g/mol. The maximum absolute atomic E-state index is 5.99. The summed E-state index contributed by atoms with van der Waals surface area (Å²) < 4.78 is 0. The van der Waals surface area contributed by atoms with Crippen molar-refractivity contribution in [1.29, 1.82) is 0 Å². The first-order chi connectivity index (χ1) is 11.3. The molecule has 2 atom stereocenters. The Labute approximate surface area is 148 Å². The molecule has 2 aromatic carbocycles. The van der Waals surface area contributed by atoms with Crippen LogP contribution in [0.15, 0.2) is 64.7 Å². The number of aliphatic imine (C=N–C) groups is 1. The van der Waals surface area contributed by atoms with Gasteiger partial charge >= 0.3 is 0 Å². The van der Waals surface area contributed by atoms with Crippen LogP contribution >= 0.6 is 35.1 Å². The van der Waals surface area contributed by atoms with Crippen LogP contribution in [0.3, 0.4) is 0 Å². The van der Waals surface area contributed by atoms with Gasteiger partial charge in [0.2, 0.25) is 0 Å². The second-order valence-electron chi connectivity index (χ2n) is 5.25. The minimum atomic E-state index is 0.0887. The molecule has 2 heterocycles. The Balaban J connectivity index is 1.63. The average Bonchev–Trinajstić information content (AvgIpc) is 3.14. The molecule has 6 heteroatoms. The van der Waals surface area contributed by atoms with Gasteiger partial charge in [0, 0.05) is 10.6 Å². The van der Waals surface area contributed by atoms with Gasteiger partial charge in [0.25, 0.3) is 0 Å². The van der Waals surface area contributed by atoms with Crippen LogP contribution in [0, 0.1) is 0 Å². The van der Waals surface area contributed by atoms with E-state index in [1.807, 2.05) is 30.3 Å². The van der Waals surface area contributed by atoms with Gasteiger partial charge in [-0.15, -0.1) is 11.8 Å². The van der Waals surface area contributed by atoms with Gasteiger partial charge in [-0.25, -0.2) is 10.0 Å². The SMILES string of the molecule is CS[C@H]1[C@@H](c2ccc(Cl)cc2)N=C2SC(c3ccccc3)=NN21. The largest absolute Gasteiger partial charge is 0.249 e. The van der Waals surface area contributed by atoms with E-state index in [0.717, 1.165) is 20.8 Å². The molecule has 0 bridgehead atoms. The van der Waals surface area contributed by atoms with Crippen molar-refractivity contribution in [1.82, 2.24) is 5.01 Å². The Morgan fingerprint density at radius 3 is 2.52 bits per heavy atom. The molecule has 0 saturated heterocycles. The fourth-order valence-corrected chi connectivity index (χ4v) is 4.67. The highest BCUT2D eigenvalue weighted by Gasteiger charge is 2.41. The Hall–Kier alpha value is -1.43. The number of rotatable bonds is 3. The fourth-order valence-electron chi connectivity index (χ4n) is 2.69. The third-order valence-corrected chi connectivity index (χ3v) is 6.00. The maximum atomic E-state index is 5.99. The molecule has 2 aliphatic rings. The van der Waals surface area contributed by atoms with Crippen molar-refractivity contribution in [3.8, 4) is 0 Å². The van der Waals surface area contributed by atoms with Crippen molar-refractivity contribution >= 4 is 45.3 Å². The molecule has 0 aliphatic carbocycles. The van der Waals surface area contributed by atoms with Crippen LogP contribution in [0.4, 0.5) is 0 Å². The number of halogens is 1. The lowest BCUT2D eigenvalue weighted by atomic mass is 10.1. The molecule has 0 amide bonds. The third-order valence-electron chi connectivity index (χ3n) is 3.82. The summed E-state index contributed by atoms with van der Waals surface area (Å²) in [7, 11) is 0. The first-order valence-electron chi connectivity index (χ1n) is 7.23. The summed E-state index contributed by atoms with van der Waals surface area (Å²) in [6.07, 6.45) is 2.10. The molecule has 0 spiro atoms. The molecule has 0 fully saturated rings. The summed E-state index contributed by atoms with van der Waals surface area (Å²) in [5.41, 5.74) is 2.31. The van der Waals surface area contributed by atoms with Crippen LogP contribution in [0.5, 0.6) is 0 Å². The van der Waals surface area contributed by atoms with Crippen LogP contribution in [0.25, 0.3) is 0 Å². The molecular weight excluding hydrogens is 346 g/mol. The van der Waals surface area contributed by atoms with E-state index in [0.29, 0.717) is 0 Å². The normalized spacial score (nSPS) is 22.8. The third kappa shape index (κ3) is 2.77. The molecule has 0 unspecified atom stereocenters. The predicted molar refractivity (Wildman–Crippen MR) is 101 cm³/mol. The second-order valence-corrected chi connectivity index (χ2v) is 7.60. The van der Waals surface area contributed by atoms with E-state index < -0.39 is 0 Å². The predicted octanol–water partition coefficient (Wildman–Crippen LogP) is 4.85. The molecular formula is C17H14ClN3S2. The van der Waals surface area contributed by atoms with E-state index >= 15 is 0 Å². The quantitative estimate of drug-likeness (QED) is 0.784. The van der Waals surface area contributed by atoms with Crippen molar-refractivity contribution in [2.75, 3.05) is 6.26 Å². The number of benzene rings is 2. The monoisotopic (exact) mass is 359 g/mol. The summed E-state index contributed by atoms with van der Waals surface area (Å²) >= 11 is 9.41. The second kappa shape index (κ2) is 6.23. The molecule has 0 saturated carbocycles. The van der Waals surface area contributed by atoms with E-state index in [2.05, 4.69) is 35.5 Å². The molecule has 116 valence electrons. The Bertz CT molecular complexity index is 774. The van der Waals surface area contributed by atoms with E-state index in [9.17, 15) is 0 Å². The highest BCUT2D eigenvalue weighted by molar-refractivity contribution is 8.27. The van der Waals surface area contributed by atoms with Crippen LogP contribution in [0.2, 0.25) is 5.02 Å². The van der Waals surface area contributed by atoms with Gasteiger partial charge in [-0.2, -0.15) is 5.10 Å². The lowest BCUT2D eigenvalue weighted by Gasteiger charge is -2.21. The maximum Gasteiger partial charge on any atom is 0.188 e. The molecule has 2 aromatic rings. The zero-order valence-electron chi connectivity index (χ0n) is 12.4. The number of hydrazone groups is 1. The molecule has 23 heavy (non-hydrogen) atoms. The number of hydrogen-bond acceptors (Lipinski definition) is 5. The van der Waals surface area contributed by atoms with Gasteiger partial charge in [-0.3, -0.25) is 0 Å². The van der Waals surface area contributed by atoms with Gasteiger partial charge in [0.05, 0.1) is 0 Å². The van der Waals surface area contributed by atoms with E-state index in [1.165, 1.54) is 5.56 Å². The Morgan fingerprint density at radius 1 is 1.09 bits per heavy atom. The lowest BCUT2D eigenvalue weighted by molar-refractivity contribution is 0.426. The molecule has 3 nitrogen and oxygen atoms in total. The first kappa shape index (κ1) is 15.1. The zero-order chi connectivity index (χ0) is 15.8. The van der Waals surface area contributed by atoms with E-state index in [1.54, 1.807) is 23.5 Å². The van der Waals surface area contributed by atoms with Gasteiger partial charge in [0.15, 0.2) is 5.17 Å².